The Morgan fingerprint density at radius 1 is 1.04 bits per heavy atom. The molecule has 6 rings (SSSR count). The van der Waals surface area contributed by atoms with E-state index >= 15 is 0 Å². The molecule has 1 aliphatic heterocycles. The number of ether oxygens (including phenoxy) is 3. The second-order valence-electron chi connectivity index (χ2n) is 11.7. The number of carboxylic acid groups (broad SMARTS) is 1. The monoisotopic (exact) mass is 674 g/mol. The standard InChI is InChI=1S/C36H36ClFN4O6/c1-22-26(12-13-28(32(22)37)46-19-18-42-16-14-41(2)15-17-42)30-31-34(47-29(36(43)44)20-24-6-4-5-7-27(24)45-3)39-21-40-35(31)48-33(30)23-8-10-25(38)11-9-23/h4-13,21,29H,14-20H2,1-3H3,(H,43,44). The SMILES string of the molecule is COc1ccccc1CC(Oc1ncnc2oc(-c3ccc(F)cc3)c(-c3ccc(OCCN4CCN(C)CC4)c(Cl)c3C)c12)C(=O)O. The number of furan rings is 1. The molecule has 3 aromatic carbocycles. The molecule has 1 N–H and O–H groups in total. The van der Waals surface area contributed by atoms with Gasteiger partial charge in [0.25, 0.3) is 0 Å². The van der Waals surface area contributed by atoms with Crippen LogP contribution in [0.1, 0.15) is 11.1 Å². The number of hydrogen-bond donors (Lipinski definition) is 1. The maximum absolute atomic E-state index is 14.0. The number of carboxylic acids is 1. The molecule has 12 heteroatoms. The van der Waals surface area contributed by atoms with E-state index in [1.807, 2.05) is 13.0 Å². The molecule has 0 aliphatic carbocycles. The van der Waals surface area contributed by atoms with Crippen molar-refractivity contribution in [3.8, 4) is 39.8 Å². The summed E-state index contributed by atoms with van der Waals surface area (Å²) in [6.07, 6.45) is -0.0657. The number of para-hydroxylation sites is 1. The highest BCUT2D eigenvalue weighted by molar-refractivity contribution is 6.33. The van der Waals surface area contributed by atoms with Gasteiger partial charge in [-0.05, 0) is 67.1 Å². The molecule has 2 aromatic heterocycles. The Bertz CT molecular complexity index is 1910. The Morgan fingerprint density at radius 3 is 2.52 bits per heavy atom. The van der Waals surface area contributed by atoms with Crippen LogP contribution in [-0.2, 0) is 11.2 Å². The van der Waals surface area contributed by atoms with E-state index in [-0.39, 0.29) is 18.0 Å². The van der Waals surface area contributed by atoms with Gasteiger partial charge in [0.1, 0.15) is 41.4 Å². The number of halogens is 2. The first-order valence-corrected chi connectivity index (χ1v) is 16.0. The minimum atomic E-state index is -1.32. The summed E-state index contributed by atoms with van der Waals surface area (Å²) in [5.41, 5.74) is 3.28. The minimum absolute atomic E-state index is 0.00781. The molecule has 0 spiro atoms. The van der Waals surface area contributed by atoms with E-state index < -0.39 is 17.9 Å². The zero-order valence-electron chi connectivity index (χ0n) is 26.9. The zero-order chi connectivity index (χ0) is 33.8. The van der Waals surface area contributed by atoms with Crippen molar-refractivity contribution in [1.29, 1.82) is 0 Å². The molecule has 1 aliphatic rings. The van der Waals surface area contributed by atoms with Crippen molar-refractivity contribution < 1.29 is 32.9 Å². The second-order valence-corrected chi connectivity index (χ2v) is 12.1. The zero-order valence-corrected chi connectivity index (χ0v) is 27.7. The van der Waals surface area contributed by atoms with Crippen LogP contribution in [0, 0.1) is 12.7 Å². The number of methoxy groups -OCH3 is 1. The van der Waals surface area contributed by atoms with Crippen LogP contribution in [0.2, 0.25) is 5.02 Å². The smallest absolute Gasteiger partial charge is 0.345 e. The summed E-state index contributed by atoms with van der Waals surface area (Å²) >= 11 is 6.93. The average Bonchev–Trinajstić information content (AvgIpc) is 3.48. The number of rotatable bonds is 12. The van der Waals surface area contributed by atoms with Crippen molar-refractivity contribution in [2.24, 2.45) is 0 Å². The van der Waals surface area contributed by atoms with Crippen LogP contribution in [0.15, 0.2) is 71.4 Å². The lowest BCUT2D eigenvalue weighted by Gasteiger charge is -2.32. The molecule has 5 aromatic rings. The molecule has 1 fully saturated rings. The van der Waals surface area contributed by atoms with Gasteiger partial charge in [-0.25, -0.2) is 19.2 Å². The van der Waals surface area contributed by atoms with Gasteiger partial charge in [0, 0.05) is 50.3 Å². The van der Waals surface area contributed by atoms with E-state index in [1.54, 1.807) is 42.5 Å². The molecule has 1 saturated heterocycles. The predicted octanol–water partition coefficient (Wildman–Crippen LogP) is 6.37. The van der Waals surface area contributed by atoms with Crippen molar-refractivity contribution in [2.75, 3.05) is 53.5 Å². The number of carbonyl (C=O) groups is 1. The summed E-state index contributed by atoms with van der Waals surface area (Å²) < 4.78 is 38.0. The van der Waals surface area contributed by atoms with Crippen molar-refractivity contribution >= 4 is 28.7 Å². The Hall–Kier alpha value is -4.71. The van der Waals surface area contributed by atoms with Crippen molar-refractivity contribution in [3.63, 3.8) is 0 Å². The van der Waals surface area contributed by atoms with Crippen LogP contribution in [-0.4, -0.2) is 90.4 Å². The summed E-state index contributed by atoms with van der Waals surface area (Å²) in [4.78, 5) is 25.9. The molecule has 0 radical (unpaired) electrons. The first kappa shape index (κ1) is 33.2. The normalized spacial score (nSPS) is 14.6. The van der Waals surface area contributed by atoms with Crippen LogP contribution in [0.3, 0.4) is 0 Å². The van der Waals surface area contributed by atoms with E-state index in [2.05, 4.69) is 26.8 Å². The topological polar surface area (TPSA) is 110 Å². The molecular weight excluding hydrogens is 639 g/mol. The van der Waals surface area contributed by atoms with Gasteiger partial charge >= 0.3 is 5.97 Å². The number of aromatic nitrogens is 2. The number of nitrogens with zero attached hydrogens (tertiary/aromatic N) is 4. The maximum Gasteiger partial charge on any atom is 0.345 e. The molecule has 0 bridgehead atoms. The van der Waals surface area contributed by atoms with E-state index in [0.717, 1.165) is 32.7 Å². The highest BCUT2D eigenvalue weighted by Gasteiger charge is 2.29. The Kier molecular flexibility index (Phi) is 10.1. The fraction of sp³-hybridized carbons (Fsp3) is 0.306. The molecule has 1 unspecified atom stereocenters. The van der Waals surface area contributed by atoms with Crippen LogP contribution in [0.4, 0.5) is 4.39 Å². The third-order valence-electron chi connectivity index (χ3n) is 8.57. The van der Waals surface area contributed by atoms with Crippen LogP contribution in [0.25, 0.3) is 33.6 Å². The maximum atomic E-state index is 14.0. The number of piperazine rings is 1. The minimum Gasteiger partial charge on any atom is -0.496 e. The van der Waals surface area contributed by atoms with Crippen molar-refractivity contribution in [3.05, 3.63) is 89.0 Å². The summed E-state index contributed by atoms with van der Waals surface area (Å²) in [5.74, 6) is -0.128. The van der Waals surface area contributed by atoms with Gasteiger partial charge in [-0.15, -0.1) is 0 Å². The quantitative estimate of drug-likeness (QED) is 0.160. The van der Waals surface area contributed by atoms with E-state index in [1.165, 1.54) is 25.6 Å². The number of hydrogen-bond acceptors (Lipinski definition) is 9. The van der Waals surface area contributed by atoms with Gasteiger partial charge in [0.2, 0.25) is 17.7 Å². The third-order valence-corrected chi connectivity index (χ3v) is 9.04. The molecular formula is C36H36ClFN4O6. The largest absolute Gasteiger partial charge is 0.496 e. The fourth-order valence-electron chi connectivity index (χ4n) is 5.84. The third kappa shape index (κ3) is 7.08. The van der Waals surface area contributed by atoms with Gasteiger partial charge in [-0.3, -0.25) is 4.90 Å². The number of benzene rings is 3. The van der Waals surface area contributed by atoms with E-state index in [4.69, 9.17) is 30.2 Å². The number of likely N-dealkylation sites (N-methyl/N-ethyl adjacent to an activating group) is 1. The van der Waals surface area contributed by atoms with E-state index in [9.17, 15) is 14.3 Å². The molecule has 10 nitrogen and oxygen atoms in total. The van der Waals surface area contributed by atoms with Crippen LogP contribution >= 0.6 is 11.6 Å². The highest BCUT2D eigenvalue weighted by Crippen LogP contribution is 2.47. The summed E-state index contributed by atoms with van der Waals surface area (Å²) in [7, 11) is 3.64. The fourth-order valence-corrected chi connectivity index (χ4v) is 6.06. The van der Waals surface area contributed by atoms with Gasteiger partial charge in [-0.1, -0.05) is 35.9 Å². The lowest BCUT2D eigenvalue weighted by molar-refractivity contribution is -0.145. The van der Waals surface area contributed by atoms with Gasteiger partial charge < -0.3 is 28.6 Å². The summed E-state index contributed by atoms with van der Waals surface area (Å²) in [6.45, 7) is 7.14. The van der Waals surface area contributed by atoms with Gasteiger partial charge in [-0.2, -0.15) is 0 Å². The molecule has 250 valence electrons. The Balaban J connectivity index is 1.39. The molecule has 3 heterocycles. The molecule has 0 amide bonds. The predicted molar refractivity (Wildman–Crippen MR) is 181 cm³/mol. The molecule has 1 atom stereocenters. The number of fused-ring (bicyclic) bond motifs is 1. The molecule has 48 heavy (non-hydrogen) atoms. The Labute approximate surface area is 282 Å². The number of aliphatic carboxylic acids is 1. The lowest BCUT2D eigenvalue weighted by atomic mass is 9.95. The van der Waals surface area contributed by atoms with Gasteiger partial charge in [0.15, 0.2) is 0 Å². The Morgan fingerprint density at radius 2 is 1.79 bits per heavy atom. The average molecular weight is 675 g/mol. The summed E-state index contributed by atoms with van der Waals surface area (Å²) in [5, 5.41) is 11.0. The van der Waals surface area contributed by atoms with E-state index in [0.29, 0.717) is 62.1 Å². The van der Waals surface area contributed by atoms with Gasteiger partial charge in [0.05, 0.1) is 12.1 Å². The van der Waals surface area contributed by atoms with Crippen molar-refractivity contribution in [1.82, 2.24) is 19.8 Å². The van der Waals surface area contributed by atoms with Crippen LogP contribution in [0.5, 0.6) is 17.4 Å². The lowest BCUT2D eigenvalue weighted by Crippen LogP contribution is -2.45. The van der Waals surface area contributed by atoms with Crippen LogP contribution < -0.4 is 14.2 Å². The molecule has 0 saturated carbocycles. The first-order valence-electron chi connectivity index (χ1n) is 15.6. The second kappa shape index (κ2) is 14.6. The highest BCUT2D eigenvalue weighted by atomic mass is 35.5. The summed E-state index contributed by atoms with van der Waals surface area (Å²) in [6, 6.07) is 16.7. The first-order chi connectivity index (χ1) is 23.2. The van der Waals surface area contributed by atoms with Crippen molar-refractivity contribution in [2.45, 2.75) is 19.4 Å².